The molecular weight excluding hydrogens is 297 g/mol. The first kappa shape index (κ1) is 16.8. The maximum atomic E-state index is 13.5. The molecule has 1 amide bonds. The monoisotopic (exact) mass is 317 g/mol. The smallest absolute Gasteiger partial charge is 0.224 e. The molecular formula is C18H20FNO3. The molecule has 0 heterocycles. The molecule has 2 rings (SSSR count). The van der Waals surface area contributed by atoms with Crippen LogP contribution in [0.2, 0.25) is 0 Å². The highest BCUT2D eigenvalue weighted by Crippen LogP contribution is 2.25. The molecule has 23 heavy (non-hydrogen) atoms. The van der Waals surface area contributed by atoms with Crippen LogP contribution in [0.4, 0.5) is 4.39 Å². The van der Waals surface area contributed by atoms with Gasteiger partial charge < -0.3 is 14.8 Å². The summed E-state index contributed by atoms with van der Waals surface area (Å²) in [7, 11) is 1.57. The number of amides is 1. The second-order valence-electron chi connectivity index (χ2n) is 5.20. The van der Waals surface area contributed by atoms with Gasteiger partial charge in [0.25, 0.3) is 0 Å². The second-order valence-corrected chi connectivity index (χ2v) is 5.20. The summed E-state index contributed by atoms with van der Waals surface area (Å²) >= 11 is 0. The third kappa shape index (κ3) is 4.98. The van der Waals surface area contributed by atoms with Crippen LogP contribution < -0.4 is 14.8 Å². The summed E-state index contributed by atoms with van der Waals surface area (Å²) in [5, 5.41) is 2.79. The molecule has 0 unspecified atom stereocenters. The number of nitrogens with one attached hydrogen (secondary N) is 1. The van der Waals surface area contributed by atoms with Gasteiger partial charge in [-0.3, -0.25) is 4.79 Å². The fraction of sp³-hybridized carbons (Fsp3) is 0.278. The van der Waals surface area contributed by atoms with Crippen molar-refractivity contribution in [1.82, 2.24) is 5.32 Å². The molecule has 0 aliphatic rings. The van der Waals surface area contributed by atoms with Crippen molar-refractivity contribution in [3.05, 3.63) is 59.9 Å². The number of benzene rings is 2. The van der Waals surface area contributed by atoms with Gasteiger partial charge in [0.2, 0.25) is 5.91 Å². The van der Waals surface area contributed by atoms with E-state index in [1.165, 1.54) is 6.07 Å². The molecule has 5 heteroatoms. The van der Waals surface area contributed by atoms with Crippen LogP contribution in [-0.4, -0.2) is 25.7 Å². The summed E-state index contributed by atoms with van der Waals surface area (Å²) in [5.41, 5.74) is 0.378. The van der Waals surface area contributed by atoms with Gasteiger partial charge in [-0.1, -0.05) is 30.3 Å². The first-order chi connectivity index (χ1) is 11.1. The molecule has 4 nitrogen and oxygen atoms in total. The zero-order valence-electron chi connectivity index (χ0n) is 13.2. The summed E-state index contributed by atoms with van der Waals surface area (Å²) < 4.78 is 24.4. The minimum atomic E-state index is -0.374. The van der Waals surface area contributed by atoms with Crippen molar-refractivity contribution in [2.45, 2.75) is 19.4 Å². The quantitative estimate of drug-likeness (QED) is 0.854. The summed E-state index contributed by atoms with van der Waals surface area (Å²) in [5.74, 6) is 0.634. The highest BCUT2D eigenvalue weighted by Gasteiger charge is 2.12. The number of methoxy groups -OCH3 is 1. The summed E-state index contributed by atoms with van der Waals surface area (Å²) in [4.78, 5) is 12.0. The number of hydrogen-bond donors (Lipinski definition) is 1. The fourth-order valence-electron chi connectivity index (χ4n) is 2.14. The lowest BCUT2D eigenvalue weighted by atomic mass is 10.1. The zero-order valence-corrected chi connectivity index (χ0v) is 13.2. The Morgan fingerprint density at radius 3 is 2.48 bits per heavy atom. The molecule has 1 N–H and O–H groups in total. The van der Waals surface area contributed by atoms with Crippen LogP contribution in [0.15, 0.2) is 48.5 Å². The van der Waals surface area contributed by atoms with E-state index in [1.807, 2.05) is 19.1 Å². The van der Waals surface area contributed by atoms with E-state index in [4.69, 9.17) is 9.47 Å². The Morgan fingerprint density at radius 2 is 1.78 bits per heavy atom. The van der Waals surface area contributed by atoms with Crippen molar-refractivity contribution in [2.24, 2.45) is 0 Å². The van der Waals surface area contributed by atoms with Crippen molar-refractivity contribution in [1.29, 1.82) is 0 Å². The van der Waals surface area contributed by atoms with Crippen molar-refractivity contribution in [3.8, 4) is 11.5 Å². The molecule has 0 spiro atoms. The third-order valence-corrected chi connectivity index (χ3v) is 3.27. The molecule has 0 bridgehead atoms. The van der Waals surface area contributed by atoms with Gasteiger partial charge in [-0.25, -0.2) is 4.39 Å². The first-order valence-electron chi connectivity index (χ1n) is 7.38. The van der Waals surface area contributed by atoms with E-state index in [0.29, 0.717) is 23.7 Å². The minimum Gasteiger partial charge on any atom is -0.493 e. The van der Waals surface area contributed by atoms with E-state index in [2.05, 4.69) is 5.32 Å². The molecule has 0 aromatic heterocycles. The van der Waals surface area contributed by atoms with Crippen molar-refractivity contribution in [3.63, 3.8) is 0 Å². The molecule has 122 valence electrons. The van der Waals surface area contributed by atoms with Gasteiger partial charge in [0.15, 0.2) is 11.5 Å². The van der Waals surface area contributed by atoms with Crippen LogP contribution in [0.5, 0.6) is 11.5 Å². The summed E-state index contributed by atoms with van der Waals surface area (Å²) in [6.07, 6.45) is 0.00563. The number of halogens is 1. The number of hydrogen-bond acceptors (Lipinski definition) is 3. The van der Waals surface area contributed by atoms with Gasteiger partial charge in [0, 0.05) is 0 Å². The van der Waals surface area contributed by atoms with Crippen molar-refractivity contribution >= 4 is 5.91 Å². The highest BCUT2D eigenvalue weighted by molar-refractivity contribution is 5.78. The van der Waals surface area contributed by atoms with Gasteiger partial charge in [0.1, 0.15) is 12.4 Å². The second kappa shape index (κ2) is 8.17. The average Bonchev–Trinajstić information content (AvgIpc) is 2.55. The SMILES string of the molecule is COc1ccccc1OC[C@@H](C)NC(=O)Cc1ccccc1F. The number of carbonyl (C=O) groups is 1. The van der Waals surface area contributed by atoms with Gasteiger partial charge in [-0.15, -0.1) is 0 Å². The Balaban J connectivity index is 1.83. The Hall–Kier alpha value is -2.56. The number of para-hydroxylation sites is 2. The molecule has 0 fully saturated rings. The lowest BCUT2D eigenvalue weighted by Crippen LogP contribution is -2.37. The normalized spacial score (nSPS) is 11.6. The summed E-state index contributed by atoms with van der Waals surface area (Å²) in [6, 6.07) is 13.3. The molecule has 2 aromatic rings. The third-order valence-electron chi connectivity index (χ3n) is 3.27. The Bertz CT molecular complexity index is 660. The standard InChI is InChI=1S/C18H20FNO3/c1-13(12-23-17-10-6-5-9-16(17)22-2)20-18(21)11-14-7-3-4-8-15(14)19/h3-10,13H,11-12H2,1-2H3,(H,20,21)/t13-/m1/s1. The summed E-state index contributed by atoms with van der Waals surface area (Å²) in [6.45, 7) is 2.12. The van der Waals surface area contributed by atoms with E-state index in [1.54, 1.807) is 37.4 Å². The Labute approximate surface area is 135 Å². The predicted molar refractivity (Wildman–Crippen MR) is 86.2 cm³/mol. The van der Waals surface area contributed by atoms with Crippen LogP contribution in [-0.2, 0) is 11.2 Å². The van der Waals surface area contributed by atoms with Crippen LogP contribution in [0.3, 0.4) is 0 Å². The van der Waals surface area contributed by atoms with E-state index in [-0.39, 0.29) is 24.2 Å². The van der Waals surface area contributed by atoms with Crippen LogP contribution in [0, 0.1) is 5.82 Å². The Morgan fingerprint density at radius 1 is 1.13 bits per heavy atom. The highest BCUT2D eigenvalue weighted by atomic mass is 19.1. The lowest BCUT2D eigenvalue weighted by molar-refractivity contribution is -0.121. The van der Waals surface area contributed by atoms with Crippen molar-refractivity contribution < 1.29 is 18.7 Å². The minimum absolute atomic E-state index is 0.00563. The number of rotatable bonds is 7. The largest absolute Gasteiger partial charge is 0.493 e. The fourth-order valence-corrected chi connectivity index (χ4v) is 2.14. The molecule has 0 saturated carbocycles. The molecule has 0 aliphatic carbocycles. The van der Waals surface area contributed by atoms with E-state index in [9.17, 15) is 9.18 Å². The van der Waals surface area contributed by atoms with Gasteiger partial charge in [0.05, 0.1) is 19.6 Å². The van der Waals surface area contributed by atoms with Gasteiger partial charge >= 0.3 is 0 Å². The lowest BCUT2D eigenvalue weighted by Gasteiger charge is -2.16. The van der Waals surface area contributed by atoms with Crippen LogP contribution in [0.1, 0.15) is 12.5 Å². The average molecular weight is 317 g/mol. The number of ether oxygens (including phenoxy) is 2. The first-order valence-corrected chi connectivity index (χ1v) is 7.38. The van der Waals surface area contributed by atoms with Gasteiger partial charge in [-0.05, 0) is 30.7 Å². The molecule has 0 aliphatic heterocycles. The maximum Gasteiger partial charge on any atom is 0.224 e. The van der Waals surface area contributed by atoms with Crippen LogP contribution >= 0.6 is 0 Å². The Kier molecular flexibility index (Phi) is 5.97. The molecule has 0 saturated heterocycles. The zero-order chi connectivity index (χ0) is 16.7. The number of carbonyl (C=O) groups excluding carboxylic acids is 1. The topological polar surface area (TPSA) is 47.6 Å². The van der Waals surface area contributed by atoms with Gasteiger partial charge in [-0.2, -0.15) is 0 Å². The predicted octanol–water partition coefficient (Wildman–Crippen LogP) is 2.96. The molecule has 1 atom stereocenters. The molecule has 0 radical (unpaired) electrons. The van der Waals surface area contributed by atoms with E-state index < -0.39 is 0 Å². The molecule has 2 aromatic carbocycles. The van der Waals surface area contributed by atoms with Crippen LogP contribution in [0.25, 0.3) is 0 Å². The van der Waals surface area contributed by atoms with Crippen molar-refractivity contribution in [2.75, 3.05) is 13.7 Å². The van der Waals surface area contributed by atoms with E-state index >= 15 is 0 Å². The van der Waals surface area contributed by atoms with E-state index in [0.717, 1.165) is 0 Å². The maximum absolute atomic E-state index is 13.5.